The molecule has 2 unspecified atom stereocenters. The molecule has 0 saturated carbocycles. The molecule has 5 aromatic rings. The number of aromatic nitrogens is 1. The molecule has 0 bridgehead atoms. The Hall–Kier alpha value is -4.36. The van der Waals surface area contributed by atoms with E-state index in [2.05, 4.69) is 161 Å². The molecule has 1 aliphatic rings. The molecule has 1 aliphatic carbocycles. The van der Waals surface area contributed by atoms with E-state index in [1.54, 1.807) is 0 Å². The predicted molar refractivity (Wildman–Crippen MR) is 176 cm³/mol. The average Bonchev–Trinajstić information content (AvgIpc) is 3.32. The molecule has 0 radical (unpaired) electrons. The highest BCUT2D eigenvalue weighted by molar-refractivity contribution is 6.02. The van der Waals surface area contributed by atoms with Crippen molar-refractivity contribution in [2.24, 2.45) is 11.8 Å². The first-order valence-corrected chi connectivity index (χ1v) is 14.8. The minimum Gasteiger partial charge on any atom is -0.308 e. The first kappa shape index (κ1) is 26.8. The van der Waals surface area contributed by atoms with Crippen molar-refractivity contribution in [3.05, 3.63) is 143 Å². The molecule has 1 aromatic heterocycles. The number of hydrogen-bond donors (Lipinski definition) is 0. The van der Waals surface area contributed by atoms with Crippen molar-refractivity contribution < 1.29 is 0 Å². The minimum absolute atomic E-state index is 0.452. The maximum absolute atomic E-state index is 2.52. The molecule has 0 amide bonds. The number of benzene rings is 4. The summed E-state index contributed by atoms with van der Waals surface area (Å²) in [6, 6.07) is 36.1. The number of hydrogen-bond acceptors (Lipinski definition) is 0. The summed E-state index contributed by atoms with van der Waals surface area (Å²) >= 11 is 0. The van der Waals surface area contributed by atoms with Gasteiger partial charge in [-0.25, -0.2) is 0 Å². The van der Waals surface area contributed by atoms with Gasteiger partial charge in [-0.3, -0.25) is 0 Å². The molecular formula is C40H39N. The highest BCUT2D eigenvalue weighted by atomic mass is 15.0. The van der Waals surface area contributed by atoms with Gasteiger partial charge in [0, 0.05) is 16.8 Å². The first-order valence-electron chi connectivity index (χ1n) is 14.8. The maximum atomic E-state index is 2.52. The van der Waals surface area contributed by atoms with E-state index in [0.29, 0.717) is 11.8 Å². The van der Waals surface area contributed by atoms with Crippen molar-refractivity contribution in [3.63, 3.8) is 0 Å². The highest BCUT2D eigenvalue weighted by Gasteiger charge is 2.29. The quantitative estimate of drug-likeness (QED) is 0.212. The van der Waals surface area contributed by atoms with Gasteiger partial charge in [0.05, 0.1) is 11.4 Å². The summed E-state index contributed by atoms with van der Waals surface area (Å²) in [4.78, 5) is 0. The van der Waals surface area contributed by atoms with Crippen LogP contribution in [-0.2, 0) is 0 Å². The summed E-state index contributed by atoms with van der Waals surface area (Å²) in [5.41, 5.74) is 16.2. The lowest BCUT2D eigenvalue weighted by molar-refractivity contribution is 0.554. The number of aryl methyl sites for hydroxylation is 4. The normalized spacial score (nSPS) is 16.6. The van der Waals surface area contributed by atoms with Crippen molar-refractivity contribution in [1.82, 2.24) is 4.57 Å². The SMILES string of the molecule is Cc1ccc(-c2c(-c3ccc(C)cc3)c(-c3ccc(C)cc3)n(-c3ccc(C)cc3)c2C2=CC(C)C(C)C=C2)cc1. The van der Waals surface area contributed by atoms with Crippen LogP contribution in [0.15, 0.2) is 115 Å². The molecule has 2 atom stereocenters. The second kappa shape index (κ2) is 10.9. The van der Waals surface area contributed by atoms with E-state index in [4.69, 9.17) is 0 Å². The smallest absolute Gasteiger partial charge is 0.0619 e. The summed E-state index contributed by atoms with van der Waals surface area (Å²) in [6.07, 6.45) is 7.20. The monoisotopic (exact) mass is 533 g/mol. The van der Waals surface area contributed by atoms with Crippen molar-refractivity contribution in [3.8, 4) is 39.2 Å². The van der Waals surface area contributed by atoms with Gasteiger partial charge in [-0.2, -0.15) is 0 Å². The lowest BCUT2D eigenvalue weighted by Crippen LogP contribution is -2.09. The van der Waals surface area contributed by atoms with Gasteiger partial charge < -0.3 is 4.57 Å². The molecule has 41 heavy (non-hydrogen) atoms. The molecule has 0 spiro atoms. The minimum atomic E-state index is 0.452. The molecule has 204 valence electrons. The summed E-state index contributed by atoms with van der Waals surface area (Å²) in [5, 5.41) is 0. The predicted octanol–water partition coefficient (Wildman–Crippen LogP) is 10.9. The van der Waals surface area contributed by atoms with Gasteiger partial charge in [0.15, 0.2) is 0 Å². The Balaban J connectivity index is 1.82. The Morgan fingerprint density at radius 3 is 1.34 bits per heavy atom. The fraction of sp³-hybridized carbons (Fsp3) is 0.200. The largest absolute Gasteiger partial charge is 0.308 e. The molecule has 0 N–H and O–H groups in total. The summed E-state index contributed by atoms with van der Waals surface area (Å²) in [5.74, 6) is 0.963. The first-order chi connectivity index (χ1) is 19.8. The van der Waals surface area contributed by atoms with Gasteiger partial charge in [-0.05, 0) is 73.9 Å². The van der Waals surface area contributed by atoms with E-state index in [0.717, 1.165) is 0 Å². The van der Waals surface area contributed by atoms with Crippen LogP contribution in [0.3, 0.4) is 0 Å². The van der Waals surface area contributed by atoms with Crippen LogP contribution in [-0.4, -0.2) is 4.57 Å². The van der Waals surface area contributed by atoms with Gasteiger partial charge in [0.25, 0.3) is 0 Å². The molecule has 0 saturated heterocycles. The lowest BCUT2D eigenvalue weighted by Gasteiger charge is -2.22. The zero-order valence-corrected chi connectivity index (χ0v) is 25.1. The van der Waals surface area contributed by atoms with E-state index in [1.165, 1.54) is 72.7 Å². The van der Waals surface area contributed by atoms with Crippen molar-refractivity contribution in [2.45, 2.75) is 41.5 Å². The van der Waals surface area contributed by atoms with E-state index in [-0.39, 0.29) is 0 Å². The van der Waals surface area contributed by atoms with Gasteiger partial charge >= 0.3 is 0 Å². The standard InChI is InChI=1S/C40H39N/c1-26-7-16-32(17-8-26)37-38(33-18-9-27(2)10-19-33)40(35-22-15-30(5)31(6)25-35)41(36-23-13-29(4)14-24-36)39(37)34-20-11-28(3)12-21-34/h7-25,30-31H,1-6H3. The Kier molecular flexibility index (Phi) is 7.14. The molecule has 0 aliphatic heterocycles. The van der Waals surface area contributed by atoms with Crippen LogP contribution in [0, 0.1) is 39.5 Å². The fourth-order valence-corrected chi connectivity index (χ4v) is 5.86. The topological polar surface area (TPSA) is 4.93 Å². The Morgan fingerprint density at radius 2 is 0.878 bits per heavy atom. The number of allylic oxidation sites excluding steroid dienone is 4. The molecular weight excluding hydrogens is 494 g/mol. The van der Waals surface area contributed by atoms with Crippen LogP contribution in [0.5, 0.6) is 0 Å². The average molecular weight is 534 g/mol. The number of rotatable bonds is 5. The fourth-order valence-electron chi connectivity index (χ4n) is 5.86. The number of nitrogens with zero attached hydrogens (tertiary/aromatic N) is 1. The Labute approximate surface area is 245 Å². The molecule has 4 aromatic carbocycles. The third-order valence-electron chi connectivity index (χ3n) is 8.59. The third kappa shape index (κ3) is 5.13. The van der Waals surface area contributed by atoms with Crippen LogP contribution >= 0.6 is 0 Å². The van der Waals surface area contributed by atoms with Gasteiger partial charge in [0.2, 0.25) is 0 Å². The summed E-state index contributed by atoms with van der Waals surface area (Å²) < 4.78 is 2.52. The van der Waals surface area contributed by atoms with Gasteiger partial charge in [0.1, 0.15) is 0 Å². The van der Waals surface area contributed by atoms with Gasteiger partial charge in [-0.15, -0.1) is 0 Å². The molecule has 6 rings (SSSR count). The van der Waals surface area contributed by atoms with Gasteiger partial charge in [-0.1, -0.05) is 139 Å². The molecule has 1 nitrogen and oxygen atoms in total. The van der Waals surface area contributed by atoms with E-state index in [1.807, 2.05) is 0 Å². The van der Waals surface area contributed by atoms with E-state index >= 15 is 0 Å². The van der Waals surface area contributed by atoms with E-state index in [9.17, 15) is 0 Å². The van der Waals surface area contributed by atoms with Crippen molar-refractivity contribution in [1.29, 1.82) is 0 Å². The molecule has 1 heteroatoms. The molecule has 0 fully saturated rings. The zero-order chi connectivity index (χ0) is 28.7. The zero-order valence-electron chi connectivity index (χ0n) is 25.1. The van der Waals surface area contributed by atoms with Crippen LogP contribution in [0.2, 0.25) is 0 Å². The molecule has 1 heterocycles. The van der Waals surface area contributed by atoms with Crippen molar-refractivity contribution >= 4 is 5.57 Å². The van der Waals surface area contributed by atoms with Crippen molar-refractivity contribution in [2.75, 3.05) is 0 Å². The summed E-state index contributed by atoms with van der Waals surface area (Å²) in [6.45, 7) is 13.3. The van der Waals surface area contributed by atoms with Crippen LogP contribution in [0.25, 0.3) is 44.8 Å². The van der Waals surface area contributed by atoms with Crippen LogP contribution in [0.1, 0.15) is 41.8 Å². The second-order valence-corrected chi connectivity index (χ2v) is 11.9. The maximum Gasteiger partial charge on any atom is 0.0619 e. The highest BCUT2D eigenvalue weighted by Crippen LogP contribution is 2.49. The Bertz CT molecular complexity index is 1630. The third-order valence-corrected chi connectivity index (χ3v) is 8.59. The summed E-state index contributed by atoms with van der Waals surface area (Å²) in [7, 11) is 0. The lowest BCUT2D eigenvalue weighted by atomic mass is 9.85. The van der Waals surface area contributed by atoms with Crippen LogP contribution in [0.4, 0.5) is 0 Å². The second-order valence-electron chi connectivity index (χ2n) is 11.9. The van der Waals surface area contributed by atoms with Crippen LogP contribution < -0.4 is 0 Å². The van der Waals surface area contributed by atoms with E-state index < -0.39 is 0 Å². The Morgan fingerprint density at radius 1 is 0.463 bits per heavy atom.